The van der Waals surface area contributed by atoms with Crippen LogP contribution in [0.2, 0.25) is 0 Å². The minimum atomic E-state index is 0.511. The van der Waals surface area contributed by atoms with Gasteiger partial charge in [0.25, 0.3) is 0 Å². The highest BCUT2D eigenvalue weighted by atomic mass is 127. The third-order valence-electron chi connectivity index (χ3n) is 2.39. The molecule has 0 spiro atoms. The Bertz CT molecular complexity index is 673. The number of oxazole rings is 1. The normalized spacial score (nSPS) is 11.1. The standard InChI is InChI=1S/C11H9IN4O/c12-7-4-14-16(5-7)6-10-15-11-8(13)2-1-3-9(11)17-10/h1-5H,6,13H2. The number of benzene rings is 1. The van der Waals surface area contributed by atoms with Crippen molar-refractivity contribution >= 4 is 39.4 Å². The lowest BCUT2D eigenvalue weighted by Crippen LogP contribution is -1.99. The number of para-hydroxylation sites is 1. The monoisotopic (exact) mass is 340 g/mol. The minimum absolute atomic E-state index is 0.511. The lowest BCUT2D eigenvalue weighted by atomic mass is 10.3. The summed E-state index contributed by atoms with van der Waals surface area (Å²) in [6, 6.07) is 5.52. The smallest absolute Gasteiger partial charge is 0.217 e. The summed E-state index contributed by atoms with van der Waals surface area (Å²) in [5, 5.41) is 4.18. The Morgan fingerprint density at radius 2 is 2.29 bits per heavy atom. The predicted octanol–water partition coefficient (Wildman–Crippen LogP) is 2.26. The quantitative estimate of drug-likeness (QED) is 0.574. The van der Waals surface area contributed by atoms with Gasteiger partial charge in [0, 0.05) is 6.20 Å². The molecule has 0 aliphatic carbocycles. The van der Waals surface area contributed by atoms with Gasteiger partial charge in [0.1, 0.15) is 12.1 Å². The zero-order valence-electron chi connectivity index (χ0n) is 8.80. The molecule has 86 valence electrons. The molecule has 2 heterocycles. The highest BCUT2D eigenvalue weighted by Gasteiger charge is 2.08. The van der Waals surface area contributed by atoms with Gasteiger partial charge in [0.15, 0.2) is 5.58 Å². The largest absolute Gasteiger partial charge is 0.439 e. The van der Waals surface area contributed by atoms with Crippen molar-refractivity contribution in [3.05, 3.63) is 40.1 Å². The molecular formula is C11H9IN4O. The van der Waals surface area contributed by atoms with Crippen molar-refractivity contribution in [2.45, 2.75) is 6.54 Å². The summed E-state index contributed by atoms with van der Waals surface area (Å²) in [6.07, 6.45) is 3.72. The summed E-state index contributed by atoms with van der Waals surface area (Å²) in [7, 11) is 0. The first-order chi connectivity index (χ1) is 8.22. The molecule has 1 aromatic carbocycles. The fourth-order valence-electron chi connectivity index (χ4n) is 1.65. The minimum Gasteiger partial charge on any atom is -0.439 e. The van der Waals surface area contributed by atoms with E-state index in [-0.39, 0.29) is 0 Å². The topological polar surface area (TPSA) is 69.9 Å². The van der Waals surface area contributed by atoms with E-state index in [1.165, 1.54) is 0 Å². The van der Waals surface area contributed by atoms with E-state index in [0.29, 0.717) is 29.2 Å². The van der Waals surface area contributed by atoms with Crippen molar-refractivity contribution in [3.8, 4) is 0 Å². The molecule has 5 nitrogen and oxygen atoms in total. The molecule has 0 bridgehead atoms. The Kier molecular flexibility index (Phi) is 2.50. The summed E-state index contributed by atoms with van der Waals surface area (Å²) in [5.74, 6) is 0.609. The maximum absolute atomic E-state index is 5.82. The molecule has 3 aromatic rings. The maximum Gasteiger partial charge on any atom is 0.217 e. The summed E-state index contributed by atoms with van der Waals surface area (Å²) < 4.78 is 8.47. The Labute approximate surface area is 111 Å². The van der Waals surface area contributed by atoms with E-state index in [1.54, 1.807) is 10.9 Å². The molecule has 0 aliphatic heterocycles. The molecule has 2 N–H and O–H groups in total. The number of nitrogens with zero attached hydrogens (tertiary/aromatic N) is 3. The van der Waals surface area contributed by atoms with Crippen molar-refractivity contribution in [2.24, 2.45) is 0 Å². The van der Waals surface area contributed by atoms with E-state index in [2.05, 4.69) is 32.7 Å². The predicted molar refractivity (Wildman–Crippen MR) is 72.5 cm³/mol. The Hall–Kier alpha value is -1.57. The maximum atomic E-state index is 5.82. The molecule has 0 amide bonds. The lowest BCUT2D eigenvalue weighted by Gasteiger charge is -1.94. The molecule has 0 unspecified atom stereocenters. The van der Waals surface area contributed by atoms with Crippen molar-refractivity contribution in [1.82, 2.24) is 14.8 Å². The van der Waals surface area contributed by atoms with Crippen LogP contribution in [0.15, 0.2) is 35.0 Å². The van der Waals surface area contributed by atoms with Gasteiger partial charge in [-0.2, -0.15) is 5.10 Å². The lowest BCUT2D eigenvalue weighted by molar-refractivity contribution is 0.491. The highest BCUT2D eigenvalue weighted by Crippen LogP contribution is 2.21. The first-order valence-electron chi connectivity index (χ1n) is 5.04. The number of nitrogens with two attached hydrogens (primary N) is 1. The average molecular weight is 340 g/mol. The molecular weight excluding hydrogens is 331 g/mol. The van der Waals surface area contributed by atoms with Gasteiger partial charge in [-0.3, -0.25) is 4.68 Å². The van der Waals surface area contributed by atoms with E-state index < -0.39 is 0 Å². The van der Waals surface area contributed by atoms with Crippen LogP contribution >= 0.6 is 22.6 Å². The highest BCUT2D eigenvalue weighted by molar-refractivity contribution is 14.1. The van der Waals surface area contributed by atoms with Crippen LogP contribution in [-0.2, 0) is 6.54 Å². The zero-order chi connectivity index (χ0) is 11.8. The third-order valence-corrected chi connectivity index (χ3v) is 2.95. The molecule has 6 heteroatoms. The third kappa shape index (κ3) is 1.99. The summed E-state index contributed by atoms with van der Waals surface area (Å²) in [6.45, 7) is 0.511. The van der Waals surface area contributed by atoms with Crippen LogP contribution in [0.5, 0.6) is 0 Å². The molecule has 2 aromatic heterocycles. The number of hydrogen-bond acceptors (Lipinski definition) is 4. The molecule has 0 aliphatic rings. The van der Waals surface area contributed by atoms with Gasteiger partial charge in [-0.15, -0.1) is 0 Å². The van der Waals surface area contributed by atoms with Gasteiger partial charge in [-0.25, -0.2) is 4.98 Å². The Morgan fingerprint density at radius 1 is 1.41 bits per heavy atom. The fraction of sp³-hybridized carbons (Fsp3) is 0.0909. The summed E-state index contributed by atoms with van der Waals surface area (Å²) in [4.78, 5) is 4.36. The number of nitrogen functional groups attached to an aromatic ring is 1. The van der Waals surface area contributed by atoms with Crippen LogP contribution < -0.4 is 5.73 Å². The second-order valence-corrected chi connectivity index (χ2v) is 4.90. The fourth-order valence-corrected chi connectivity index (χ4v) is 2.09. The second kappa shape index (κ2) is 4.02. The van der Waals surface area contributed by atoms with Crippen LogP contribution in [-0.4, -0.2) is 14.8 Å². The SMILES string of the molecule is Nc1cccc2oc(Cn3cc(I)cn3)nc12. The van der Waals surface area contributed by atoms with Crippen LogP contribution in [0.3, 0.4) is 0 Å². The van der Waals surface area contributed by atoms with Gasteiger partial charge < -0.3 is 10.2 Å². The van der Waals surface area contributed by atoms with Gasteiger partial charge in [-0.1, -0.05) is 6.07 Å². The first-order valence-corrected chi connectivity index (χ1v) is 6.12. The van der Waals surface area contributed by atoms with Crippen LogP contribution in [0.1, 0.15) is 5.89 Å². The molecule has 0 radical (unpaired) electrons. The first kappa shape index (κ1) is 10.6. The number of fused-ring (bicyclic) bond motifs is 1. The average Bonchev–Trinajstić information content (AvgIpc) is 2.86. The van der Waals surface area contributed by atoms with E-state index in [9.17, 15) is 0 Å². The van der Waals surface area contributed by atoms with Crippen LogP contribution in [0.4, 0.5) is 5.69 Å². The molecule has 0 atom stereocenters. The van der Waals surface area contributed by atoms with Gasteiger partial charge >= 0.3 is 0 Å². The number of hydrogen-bond donors (Lipinski definition) is 1. The van der Waals surface area contributed by atoms with E-state index in [0.717, 1.165) is 3.57 Å². The van der Waals surface area contributed by atoms with E-state index in [4.69, 9.17) is 10.2 Å². The van der Waals surface area contributed by atoms with Crippen molar-refractivity contribution < 1.29 is 4.42 Å². The van der Waals surface area contributed by atoms with Crippen molar-refractivity contribution in [2.75, 3.05) is 5.73 Å². The Balaban J connectivity index is 1.98. The zero-order valence-corrected chi connectivity index (χ0v) is 11.0. The molecule has 17 heavy (non-hydrogen) atoms. The van der Waals surface area contributed by atoms with Gasteiger partial charge in [-0.05, 0) is 34.7 Å². The number of rotatable bonds is 2. The van der Waals surface area contributed by atoms with Crippen molar-refractivity contribution in [3.63, 3.8) is 0 Å². The number of aromatic nitrogens is 3. The Morgan fingerprint density at radius 3 is 3.00 bits per heavy atom. The van der Waals surface area contributed by atoms with Crippen molar-refractivity contribution in [1.29, 1.82) is 0 Å². The molecule has 0 saturated carbocycles. The molecule has 0 saturated heterocycles. The number of halogens is 1. The molecule has 3 rings (SSSR count). The van der Waals surface area contributed by atoms with Gasteiger partial charge in [0.2, 0.25) is 5.89 Å². The number of anilines is 1. The van der Waals surface area contributed by atoms with E-state index >= 15 is 0 Å². The summed E-state index contributed by atoms with van der Waals surface area (Å²) >= 11 is 2.21. The van der Waals surface area contributed by atoms with Crippen LogP contribution in [0, 0.1) is 3.57 Å². The van der Waals surface area contributed by atoms with Crippen LogP contribution in [0.25, 0.3) is 11.1 Å². The summed E-state index contributed by atoms with van der Waals surface area (Å²) in [5.41, 5.74) is 7.88. The van der Waals surface area contributed by atoms with Gasteiger partial charge in [0.05, 0.1) is 15.5 Å². The van der Waals surface area contributed by atoms with E-state index in [1.807, 2.05) is 24.4 Å². The molecule has 0 fully saturated rings. The second-order valence-electron chi connectivity index (χ2n) is 3.66.